The molecular formula is H3AlCaFO. The van der Waals surface area contributed by atoms with Crippen LogP contribution in [0.5, 0.6) is 0 Å². The van der Waals surface area contributed by atoms with Gasteiger partial charge >= 0.3 is 57.8 Å². The van der Waals surface area contributed by atoms with Gasteiger partial charge in [-0.3, -0.25) is 4.70 Å². The first-order valence-corrected chi connectivity index (χ1v) is 0.707. The predicted molar refractivity (Wildman–Crippen MR) is 16.9 cm³/mol. The topological polar surface area (TPSA) is 17.1 Å². The van der Waals surface area contributed by atoms with Gasteiger partial charge in [0, 0.05) is 0 Å². The summed E-state index contributed by atoms with van der Waals surface area (Å²) in [5.41, 5.74) is 0. The van der Waals surface area contributed by atoms with E-state index in [2.05, 4.69) is 0 Å². The van der Waals surface area contributed by atoms with Gasteiger partial charge in [-0.15, -0.1) is 0 Å². The van der Waals surface area contributed by atoms with Crippen molar-refractivity contribution in [3.63, 3.8) is 0 Å². The summed E-state index contributed by atoms with van der Waals surface area (Å²) >= 11 is 1.17. The van der Waals surface area contributed by atoms with E-state index in [0.29, 0.717) is 0 Å². The predicted octanol–water partition coefficient (Wildman–Crippen LogP) is -0.503. The van der Waals surface area contributed by atoms with Gasteiger partial charge in [-0.2, -0.15) is 0 Å². The van der Waals surface area contributed by atoms with Gasteiger partial charge in [0.05, 0.1) is 0 Å². The van der Waals surface area contributed by atoms with Crippen molar-refractivity contribution in [1.29, 1.82) is 0 Å². The molecule has 0 saturated carbocycles. The summed E-state index contributed by atoms with van der Waals surface area (Å²) in [5, 5.41) is 0. The summed E-state index contributed by atoms with van der Waals surface area (Å²) in [6.07, 6.45) is 0. The molecule has 0 aliphatic carbocycles. The minimum absolute atomic E-state index is 0. The van der Waals surface area contributed by atoms with Crippen LogP contribution < -0.4 is 0 Å². The first-order chi connectivity index (χ1) is 1.00. The maximum absolute atomic E-state index is 8.17. The number of halogens is 1. The molecule has 0 amide bonds. The van der Waals surface area contributed by atoms with E-state index >= 15 is 0 Å². The Bertz CT molecular complexity index is 13.5. The van der Waals surface area contributed by atoms with E-state index < -0.39 is 0 Å². The van der Waals surface area contributed by atoms with Gasteiger partial charge in [0.1, 0.15) is 0 Å². The summed E-state index contributed by atoms with van der Waals surface area (Å²) in [4.78, 5) is 0. The van der Waals surface area contributed by atoms with Crippen molar-refractivity contribution < 1.29 is 11.4 Å². The van der Waals surface area contributed by atoms with Gasteiger partial charge in [0.15, 0.2) is 0 Å². The van der Waals surface area contributed by atoms with Crippen LogP contribution in [0.3, 0.4) is 0 Å². The molecule has 1 nitrogen and oxygen atoms in total. The van der Waals surface area contributed by atoms with Crippen molar-refractivity contribution in [2.75, 3.05) is 0 Å². The fourth-order valence-corrected chi connectivity index (χ4v) is 0. The maximum atomic E-state index is 8.17. The Morgan fingerprint density at radius 2 is 1.50 bits per heavy atom. The molecule has 0 bridgehead atoms. The van der Waals surface area contributed by atoms with Crippen molar-refractivity contribution in [1.82, 2.24) is 0 Å². The van der Waals surface area contributed by atoms with Crippen LogP contribution in [0.2, 0.25) is 0 Å². The number of rotatable bonds is 0. The van der Waals surface area contributed by atoms with Crippen molar-refractivity contribution in [3.05, 3.63) is 0 Å². The van der Waals surface area contributed by atoms with Crippen molar-refractivity contribution in [2.24, 2.45) is 0 Å². The fraction of sp³-hybridized carbons (Fsp3) is 0. The van der Waals surface area contributed by atoms with Gasteiger partial charge in [-0.25, -0.2) is 0 Å². The van der Waals surface area contributed by atoms with Crippen LogP contribution in [-0.4, -0.2) is 54.0 Å². The van der Waals surface area contributed by atoms with E-state index in [0.717, 1.165) is 0 Å². The molecule has 0 spiro atoms. The molecule has 1 radical (unpaired) electrons. The van der Waals surface area contributed by atoms with Crippen molar-refractivity contribution in [3.8, 4) is 0 Å². The second-order valence-electron chi connectivity index (χ2n) is 0. The van der Waals surface area contributed by atoms with Gasteiger partial charge in [-0.1, -0.05) is 0 Å². The summed E-state index contributed by atoms with van der Waals surface area (Å²) in [5.74, 6) is 0. The third-order valence-electron chi connectivity index (χ3n) is 0. The summed E-state index contributed by atoms with van der Waals surface area (Å²) in [6.45, 7) is 0. The normalized spacial score (nSPS) is 0.750. The summed E-state index contributed by atoms with van der Waals surface area (Å²) < 4.78 is 8.17. The third kappa shape index (κ3) is 9.67. The Balaban J connectivity index is -0.000000000833. The van der Waals surface area contributed by atoms with Crippen LogP contribution in [0.15, 0.2) is 0 Å². The molecule has 4 heavy (non-hydrogen) atoms. The van der Waals surface area contributed by atoms with Crippen LogP contribution >= 0.6 is 0 Å². The minimum atomic E-state index is 0. The molecule has 0 N–H and O–H groups in total. The summed E-state index contributed by atoms with van der Waals surface area (Å²) in [7, 11) is 0. The van der Waals surface area contributed by atoms with Gasteiger partial charge < -0.3 is 2.85 Å². The first kappa shape index (κ1) is 17.8. The monoisotopic (exact) mass is 105 g/mol. The molecule has 0 aromatic carbocycles. The third-order valence-corrected chi connectivity index (χ3v) is 0. The Labute approximate surface area is 64.7 Å². The molecule has 0 atom stereocenters. The Hall–Kier alpha value is 1.52. The molecule has 0 aromatic rings. The summed E-state index contributed by atoms with van der Waals surface area (Å²) in [6, 6.07) is 0. The first-order valence-electron chi connectivity index (χ1n) is 0.236. The van der Waals surface area contributed by atoms with E-state index in [9.17, 15) is 0 Å². The zero-order chi connectivity index (χ0) is 2.00. The number of hydrogen-bond donors (Lipinski definition) is 0. The Morgan fingerprint density at radius 3 is 1.50 bits per heavy atom. The van der Waals surface area contributed by atoms with Crippen molar-refractivity contribution in [2.45, 2.75) is 0 Å². The molecule has 0 fully saturated rings. The Morgan fingerprint density at radius 1 is 1.50 bits per heavy atom. The van der Waals surface area contributed by atoms with Gasteiger partial charge in [0.2, 0.25) is 0 Å². The molecule has 0 aliphatic heterocycles. The SMILES string of the molecule is F.[Ca+2].[H-].[H-].[O]=[Al]. The van der Waals surface area contributed by atoms with Gasteiger partial charge in [-0.05, 0) is 0 Å². The Kier molecular flexibility index (Phi) is 107. The molecule has 0 saturated heterocycles. The molecular weight excluding hydrogens is 102 g/mol. The van der Waals surface area contributed by atoms with E-state index in [1.165, 1.54) is 16.2 Å². The second kappa shape index (κ2) is 24.2. The standard InChI is InChI=1S/Al.Ca.FH.O.2H/h;;1H;;;/q;+2;;;2*-1. The fourth-order valence-electron chi connectivity index (χ4n) is 0. The molecule has 21 valence electrons. The average molecular weight is 105 g/mol. The van der Waals surface area contributed by atoms with Crippen LogP contribution in [0, 0.1) is 0 Å². The quantitative estimate of drug-likeness (QED) is 0.379. The van der Waals surface area contributed by atoms with Crippen LogP contribution in [0.4, 0.5) is 4.70 Å². The van der Waals surface area contributed by atoms with E-state index in [-0.39, 0.29) is 45.3 Å². The van der Waals surface area contributed by atoms with Crippen LogP contribution in [-0.2, 0) is 3.80 Å². The zero-order valence-corrected chi connectivity index (χ0v) is 5.46. The van der Waals surface area contributed by atoms with Crippen molar-refractivity contribution >= 4 is 54.0 Å². The van der Waals surface area contributed by atoms with E-state index in [1.54, 1.807) is 0 Å². The molecule has 0 aromatic heterocycles. The molecule has 0 unspecified atom stereocenters. The van der Waals surface area contributed by atoms with Crippen LogP contribution in [0.1, 0.15) is 2.85 Å². The molecule has 0 heterocycles. The van der Waals surface area contributed by atoms with Crippen LogP contribution in [0.25, 0.3) is 0 Å². The molecule has 0 rings (SSSR count). The average Bonchev–Trinajstić information content (AvgIpc) is 1.00. The molecule has 4 heteroatoms. The van der Waals surface area contributed by atoms with E-state index in [1.807, 2.05) is 0 Å². The molecule has 0 aliphatic rings. The number of hydrogen-bond acceptors (Lipinski definition) is 1. The van der Waals surface area contributed by atoms with E-state index in [4.69, 9.17) is 3.80 Å². The van der Waals surface area contributed by atoms with Gasteiger partial charge in [0.25, 0.3) is 0 Å². The second-order valence-corrected chi connectivity index (χ2v) is 0. The zero-order valence-electron chi connectivity index (χ0n) is 4.10.